The summed E-state index contributed by atoms with van der Waals surface area (Å²) in [6.07, 6.45) is 1.54. The summed E-state index contributed by atoms with van der Waals surface area (Å²) in [5.74, 6) is -1.29. The van der Waals surface area contributed by atoms with Crippen LogP contribution in [-0.2, 0) is 22.4 Å². The number of hydrogen-bond donors (Lipinski definition) is 2. The van der Waals surface area contributed by atoms with Crippen molar-refractivity contribution < 1.29 is 9.59 Å². The van der Waals surface area contributed by atoms with E-state index in [-0.39, 0.29) is 0 Å². The van der Waals surface area contributed by atoms with E-state index in [1.54, 1.807) is 35.6 Å². The number of aromatic nitrogens is 1. The van der Waals surface area contributed by atoms with E-state index in [1.165, 1.54) is 0 Å². The van der Waals surface area contributed by atoms with E-state index in [0.29, 0.717) is 18.7 Å². The first kappa shape index (κ1) is 15.2. The molecule has 0 aliphatic carbocycles. The molecule has 110 valence electrons. The predicted molar refractivity (Wildman–Crippen MR) is 83.3 cm³/mol. The van der Waals surface area contributed by atoms with Crippen molar-refractivity contribution in [2.45, 2.75) is 19.8 Å². The average Bonchev–Trinajstić information content (AvgIpc) is 2.96. The normalized spacial score (nSPS) is 10.1. The standard InChI is InChI=1S/C15H17N3O2S/c1-2-13-17-12(10-21-13)8-9-16-14(19)15(20)18-11-6-4-3-5-7-11/h3-7,10H,2,8-9H2,1H3,(H,16,19)(H,18,20). The molecule has 1 aromatic heterocycles. The van der Waals surface area contributed by atoms with E-state index in [0.717, 1.165) is 17.1 Å². The van der Waals surface area contributed by atoms with Gasteiger partial charge in [0.15, 0.2) is 0 Å². The van der Waals surface area contributed by atoms with E-state index < -0.39 is 11.8 Å². The zero-order valence-electron chi connectivity index (χ0n) is 11.8. The quantitative estimate of drug-likeness (QED) is 0.830. The maximum atomic E-state index is 11.7. The van der Waals surface area contributed by atoms with Crippen LogP contribution < -0.4 is 10.6 Å². The number of anilines is 1. The fourth-order valence-corrected chi connectivity index (χ4v) is 2.50. The van der Waals surface area contributed by atoms with Gasteiger partial charge in [0.2, 0.25) is 0 Å². The first-order valence-corrected chi connectivity index (χ1v) is 7.64. The van der Waals surface area contributed by atoms with Crippen LogP contribution in [0.5, 0.6) is 0 Å². The monoisotopic (exact) mass is 303 g/mol. The van der Waals surface area contributed by atoms with Gasteiger partial charge < -0.3 is 10.6 Å². The molecule has 6 heteroatoms. The van der Waals surface area contributed by atoms with Crippen LogP contribution in [0.2, 0.25) is 0 Å². The predicted octanol–water partition coefficient (Wildman–Crippen LogP) is 2.00. The van der Waals surface area contributed by atoms with Crippen LogP contribution in [0.3, 0.4) is 0 Å². The van der Waals surface area contributed by atoms with Gasteiger partial charge in [-0.3, -0.25) is 9.59 Å². The number of rotatable bonds is 5. The molecule has 5 nitrogen and oxygen atoms in total. The molecule has 0 bridgehead atoms. The molecular weight excluding hydrogens is 286 g/mol. The number of amides is 2. The van der Waals surface area contributed by atoms with E-state index in [1.807, 2.05) is 11.4 Å². The van der Waals surface area contributed by atoms with Crippen molar-refractivity contribution >= 4 is 28.8 Å². The summed E-state index contributed by atoms with van der Waals surface area (Å²) in [4.78, 5) is 27.7. The smallest absolute Gasteiger partial charge is 0.313 e. The van der Waals surface area contributed by atoms with Crippen molar-refractivity contribution in [2.24, 2.45) is 0 Å². The number of thiazole rings is 1. The topological polar surface area (TPSA) is 71.1 Å². The van der Waals surface area contributed by atoms with Crippen LogP contribution in [0, 0.1) is 0 Å². The van der Waals surface area contributed by atoms with Crippen LogP contribution in [0.25, 0.3) is 0 Å². The van der Waals surface area contributed by atoms with Gasteiger partial charge in [-0.2, -0.15) is 0 Å². The molecule has 2 N–H and O–H groups in total. The van der Waals surface area contributed by atoms with E-state index >= 15 is 0 Å². The Bertz CT molecular complexity index is 610. The number of hydrogen-bond acceptors (Lipinski definition) is 4. The molecule has 0 fully saturated rings. The summed E-state index contributed by atoms with van der Waals surface area (Å²) >= 11 is 1.61. The molecule has 0 aliphatic rings. The van der Waals surface area contributed by atoms with Gasteiger partial charge in [0.1, 0.15) is 0 Å². The van der Waals surface area contributed by atoms with Gasteiger partial charge in [0.05, 0.1) is 10.7 Å². The Hall–Kier alpha value is -2.21. The van der Waals surface area contributed by atoms with Crippen molar-refractivity contribution in [1.82, 2.24) is 10.3 Å². The van der Waals surface area contributed by atoms with Crippen molar-refractivity contribution in [3.05, 3.63) is 46.4 Å². The summed E-state index contributed by atoms with van der Waals surface area (Å²) < 4.78 is 0. The van der Waals surface area contributed by atoms with Crippen molar-refractivity contribution in [1.29, 1.82) is 0 Å². The van der Waals surface area contributed by atoms with Crippen LogP contribution in [0.15, 0.2) is 35.7 Å². The largest absolute Gasteiger partial charge is 0.347 e. The number of carbonyl (C=O) groups is 2. The van der Waals surface area contributed by atoms with E-state index in [9.17, 15) is 9.59 Å². The molecule has 21 heavy (non-hydrogen) atoms. The number of para-hydroxylation sites is 1. The highest BCUT2D eigenvalue weighted by Crippen LogP contribution is 2.10. The Morgan fingerprint density at radius 1 is 1.19 bits per heavy atom. The zero-order chi connectivity index (χ0) is 15.1. The first-order chi connectivity index (χ1) is 10.2. The highest BCUT2D eigenvalue weighted by molar-refractivity contribution is 7.09. The van der Waals surface area contributed by atoms with Crippen LogP contribution in [-0.4, -0.2) is 23.3 Å². The van der Waals surface area contributed by atoms with Crippen molar-refractivity contribution in [2.75, 3.05) is 11.9 Å². The van der Waals surface area contributed by atoms with Gasteiger partial charge in [0.25, 0.3) is 0 Å². The Morgan fingerprint density at radius 3 is 2.62 bits per heavy atom. The van der Waals surface area contributed by atoms with Crippen LogP contribution in [0.4, 0.5) is 5.69 Å². The molecule has 1 aromatic carbocycles. The molecular formula is C15H17N3O2S. The summed E-state index contributed by atoms with van der Waals surface area (Å²) in [6, 6.07) is 8.88. The molecule has 2 amide bonds. The molecule has 0 saturated heterocycles. The van der Waals surface area contributed by atoms with Gasteiger partial charge in [-0.05, 0) is 18.6 Å². The van der Waals surface area contributed by atoms with Gasteiger partial charge in [0, 0.05) is 24.0 Å². The minimum atomic E-state index is -0.659. The average molecular weight is 303 g/mol. The molecule has 2 rings (SSSR count). The van der Waals surface area contributed by atoms with Crippen molar-refractivity contribution in [3.8, 4) is 0 Å². The minimum Gasteiger partial charge on any atom is -0.347 e. The lowest BCUT2D eigenvalue weighted by molar-refractivity contribution is -0.136. The molecule has 0 unspecified atom stereocenters. The van der Waals surface area contributed by atoms with Gasteiger partial charge >= 0.3 is 11.8 Å². The third-order valence-corrected chi connectivity index (χ3v) is 3.85. The number of aryl methyl sites for hydroxylation is 1. The number of nitrogens with one attached hydrogen (secondary N) is 2. The number of nitrogens with zero attached hydrogens (tertiary/aromatic N) is 1. The first-order valence-electron chi connectivity index (χ1n) is 6.76. The summed E-state index contributed by atoms with van der Waals surface area (Å²) in [5.41, 5.74) is 1.55. The van der Waals surface area contributed by atoms with Crippen LogP contribution >= 0.6 is 11.3 Å². The third kappa shape index (κ3) is 4.68. The Morgan fingerprint density at radius 2 is 1.95 bits per heavy atom. The number of carbonyl (C=O) groups excluding carboxylic acids is 2. The SMILES string of the molecule is CCc1nc(CCNC(=O)C(=O)Nc2ccccc2)cs1. The zero-order valence-corrected chi connectivity index (χ0v) is 12.6. The second kappa shape index (κ2) is 7.54. The maximum Gasteiger partial charge on any atom is 0.313 e. The van der Waals surface area contributed by atoms with Crippen molar-refractivity contribution in [3.63, 3.8) is 0 Å². The molecule has 1 heterocycles. The Labute approximate surface area is 127 Å². The third-order valence-electron chi connectivity index (χ3n) is 2.81. The Kier molecular flexibility index (Phi) is 5.45. The van der Waals surface area contributed by atoms with Gasteiger partial charge in [-0.25, -0.2) is 4.98 Å². The lowest BCUT2D eigenvalue weighted by atomic mass is 10.3. The Balaban J connectivity index is 1.75. The lowest BCUT2D eigenvalue weighted by Gasteiger charge is -2.05. The van der Waals surface area contributed by atoms with Crippen LogP contribution in [0.1, 0.15) is 17.6 Å². The van der Waals surface area contributed by atoms with Gasteiger partial charge in [-0.1, -0.05) is 25.1 Å². The fourth-order valence-electron chi connectivity index (χ4n) is 1.72. The fraction of sp³-hybridized carbons (Fsp3) is 0.267. The molecule has 0 atom stereocenters. The highest BCUT2D eigenvalue weighted by Gasteiger charge is 2.13. The molecule has 0 radical (unpaired) electrons. The lowest BCUT2D eigenvalue weighted by Crippen LogP contribution is -2.36. The summed E-state index contributed by atoms with van der Waals surface area (Å²) in [6.45, 7) is 2.45. The molecule has 0 saturated carbocycles. The summed E-state index contributed by atoms with van der Waals surface area (Å²) in [7, 11) is 0. The van der Waals surface area contributed by atoms with E-state index in [4.69, 9.17) is 0 Å². The second-order valence-electron chi connectivity index (χ2n) is 4.41. The highest BCUT2D eigenvalue weighted by atomic mass is 32.1. The minimum absolute atomic E-state index is 0.397. The molecule has 2 aromatic rings. The number of benzene rings is 1. The molecule has 0 spiro atoms. The second-order valence-corrected chi connectivity index (χ2v) is 5.35. The molecule has 0 aliphatic heterocycles. The maximum absolute atomic E-state index is 11.7. The van der Waals surface area contributed by atoms with Gasteiger partial charge in [-0.15, -0.1) is 11.3 Å². The van der Waals surface area contributed by atoms with E-state index in [2.05, 4.69) is 22.5 Å². The summed E-state index contributed by atoms with van der Waals surface area (Å²) in [5, 5.41) is 8.19.